The Morgan fingerprint density at radius 2 is 1.87 bits per heavy atom. The number of benzene rings is 1. The average molecular weight is 362 g/mol. The highest BCUT2D eigenvalue weighted by Crippen LogP contribution is 2.31. The Hall–Kier alpha value is -1.15. The lowest BCUT2D eigenvalue weighted by atomic mass is 9.81. The summed E-state index contributed by atoms with van der Waals surface area (Å²) < 4.78 is 26.9. The van der Waals surface area contributed by atoms with Gasteiger partial charge in [-0.25, -0.2) is 8.42 Å². The maximum absolute atomic E-state index is 12.7. The molecule has 1 aliphatic rings. The van der Waals surface area contributed by atoms with Crippen molar-refractivity contribution in [3.63, 3.8) is 0 Å². The predicted octanol–water partition coefficient (Wildman–Crippen LogP) is 1.22. The van der Waals surface area contributed by atoms with Crippen molar-refractivity contribution in [3.8, 4) is 0 Å². The molecule has 130 valence electrons. The van der Waals surface area contributed by atoms with Crippen molar-refractivity contribution in [3.05, 3.63) is 29.8 Å². The van der Waals surface area contributed by atoms with Crippen molar-refractivity contribution < 1.29 is 13.2 Å². The minimum absolute atomic E-state index is 0. The second-order valence-electron chi connectivity index (χ2n) is 6.33. The first-order chi connectivity index (χ1) is 10.2. The van der Waals surface area contributed by atoms with E-state index in [4.69, 9.17) is 5.73 Å². The highest BCUT2D eigenvalue weighted by atomic mass is 35.5. The second kappa shape index (κ2) is 7.17. The fourth-order valence-corrected chi connectivity index (χ4v) is 4.23. The molecule has 1 atom stereocenters. The molecule has 3 N–H and O–H groups in total. The number of halogens is 1. The minimum Gasteiger partial charge on any atom is -0.355 e. The first-order valence-corrected chi connectivity index (χ1v) is 8.70. The Balaban J connectivity index is 0.00000264. The highest BCUT2D eigenvalue weighted by molar-refractivity contribution is 7.89. The third-order valence-corrected chi connectivity index (χ3v) is 6.12. The monoisotopic (exact) mass is 361 g/mol. The van der Waals surface area contributed by atoms with Gasteiger partial charge in [-0.3, -0.25) is 4.79 Å². The molecule has 0 aliphatic carbocycles. The number of hydrogen-bond donors (Lipinski definition) is 2. The number of nitrogens with two attached hydrogens (primary N) is 1. The van der Waals surface area contributed by atoms with Crippen LogP contribution < -0.4 is 11.1 Å². The SMILES string of the molecule is CNC(=O)c1ccc(S(=O)(=O)N2CCC(N)C(C)(C)C2)cc1.Cl. The van der Waals surface area contributed by atoms with E-state index in [9.17, 15) is 13.2 Å². The Bertz CT molecular complexity index is 659. The number of carbonyl (C=O) groups excluding carboxylic acids is 1. The van der Waals surface area contributed by atoms with Crippen LogP contribution in [0, 0.1) is 5.41 Å². The summed E-state index contributed by atoms with van der Waals surface area (Å²) >= 11 is 0. The number of sulfonamides is 1. The van der Waals surface area contributed by atoms with Gasteiger partial charge in [0.1, 0.15) is 0 Å². The molecule has 1 fully saturated rings. The number of amides is 1. The van der Waals surface area contributed by atoms with Gasteiger partial charge in [0.05, 0.1) is 4.90 Å². The van der Waals surface area contributed by atoms with E-state index >= 15 is 0 Å². The van der Waals surface area contributed by atoms with Gasteiger partial charge in [0.15, 0.2) is 0 Å². The highest BCUT2D eigenvalue weighted by Gasteiger charge is 2.38. The summed E-state index contributed by atoms with van der Waals surface area (Å²) in [4.78, 5) is 11.7. The molecule has 1 aliphatic heterocycles. The van der Waals surface area contributed by atoms with Crippen LogP contribution in [0.3, 0.4) is 0 Å². The summed E-state index contributed by atoms with van der Waals surface area (Å²) in [5, 5.41) is 2.51. The van der Waals surface area contributed by atoms with Crippen molar-refractivity contribution in [2.24, 2.45) is 11.1 Å². The van der Waals surface area contributed by atoms with Gasteiger partial charge in [-0.05, 0) is 36.1 Å². The van der Waals surface area contributed by atoms with Gasteiger partial charge >= 0.3 is 0 Å². The maximum Gasteiger partial charge on any atom is 0.251 e. The van der Waals surface area contributed by atoms with E-state index in [0.29, 0.717) is 25.1 Å². The van der Waals surface area contributed by atoms with Crippen molar-refractivity contribution in [2.75, 3.05) is 20.1 Å². The van der Waals surface area contributed by atoms with E-state index in [-0.39, 0.29) is 34.7 Å². The van der Waals surface area contributed by atoms with Crippen LogP contribution >= 0.6 is 12.4 Å². The number of carbonyl (C=O) groups is 1. The number of hydrogen-bond acceptors (Lipinski definition) is 4. The lowest BCUT2D eigenvalue weighted by Gasteiger charge is -2.41. The van der Waals surface area contributed by atoms with E-state index < -0.39 is 10.0 Å². The van der Waals surface area contributed by atoms with Gasteiger partial charge in [-0.15, -0.1) is 12.4 Å². The van der Waals surface area contributed by atoms with Gasteiger partial charge in [0, 0.05) is 31.7 Å². The lowest BCUT2D eigenvalue weighted by molar-refractivity contribution is 0.0963. The Morgan fingerprint density at radius 3 is 2.35 bits per heavy atom. The Morgan fingerprint density at radius 1 is 1.30 bits per heavy atom. The van der Waals surface area contributed by atoms with Crippen LogP contribution in [0.2, 0.25) is 0 Å². The summed E-state index contributed by atoms with van der Waals surface area (Å²) in [5.41, 5.74) is 6.24. The summed E-state index contributed by atoms with van der Waals surface area (Å²) in [5.74, 6) is -0.242. The van der Waals surface area contributed by atoms with Crippen LogP contribution in [0.15, 0.2) is 29.2 Å². The van der Waals surface area contributed by atoms with Crippen LogP contribution in [0.4, 0.5) is 0 Å². The molecular weight excluding hydrogens is 338 g/mol. The van der Waals surface area contributed by atoms with Gasteiger partial charge in [-0.1, -0.05) is 13.8 Å². The molecule has 0 radical (unpaired) electrons. The van der Waals surface area contributed by atoms with E-state index in [0.717, 1.165) is 0 Å². The minimum atomic E-state index is -3.56. The molecule has 0 bridgehead atoms. The molecule has 2 rings (SSSR count). The molecule has 0 spiro atoms. The quantitative estimate of drug-likeness (QED) is 0.846. The van der Waals surface area contributed by atoms with Gasteiger partial charge in [0.2, 0.25) is 10.0 Å². The fraction of sp³-hybridized carbons (Fsp3) is 0.533. The Labute approximate surface area is 143 Å². The molecule has 0 saturated carbocycles. The third kappa shape index (κ3) is 4.03. The smallest absolute Gasteiger partial charge is 0.251 e. The topological polar surface area (TPSA) is 92.5 Å². The molecule has 23 heavy (non-hydrogen) atoms. The van der Waals surface area contributed by atoms with E-state index in [1.54, 1.807) is 0 Å². The summed E-state index contributed by atoms with van der Waals surface area (Å²) in [7, 11) is -2.03. The maximum atomic E-state index is 12.7. The first kappa shape index (κ1) is 19.9. The summed E-state index contributed by atoms with van der Waals surface area (Å²) in [6, 6.07) is 5.98. The second-order valence-corrected chi connectivity index (χ2v) is 8.26. The van der Waals surface area contributed by atoms with E-state index in [2.05, 4.69) is 5.32 Å². The zero-order valence-electron chi connectivity index (χ0n) is 13.6. The van der Waals surface area contributed by atoms with Gasteiger partial charge in [-0.2, -0.15) is 4.31 Å². The van der Waals surface area contributed by atoms with Crippen molar-refractivity contribution in [1.82, 2.24) is 9.62 Å². The largest absolute Gasteiger partial charge is 0.355 e. The van der Waals surface area contributed by atoms with Crippen molar-refractivity contribution >= 4 is 28.3 Å². The average Bonchev–Trinajstić information content (AvgIpc) is 2.49. The van der Waals surface area contributed by atoms with Crippen LogP contribution in [-0.2, 0) is 10.0 Å². The molecule has 1 aromatic carbocycles. The molecule has 1 heterocycles. The Kier molecular flexibility index (Phi) is 6.20. The van der Waals surface area contributed by atoms with Crippen LogP contribution in [0.5, 0.6) is 0 Å². The molecule has 1 saturated heterocycles. The number of nitrogens with zero attached hydrogens (tertiary/aromatic N) is 1. The summed E-state index contributed by atoms with van der Waals surface area (Å²) in [6.07, 6.45) is 0.641. The molecule has 1 amide bonds. The normalized spacial score (nSPS) is 21.3. The molecule has 0 aromatic heterocycles. The standard InChI is InChI=1S/C15H23N3O3S.ClH/c1-15(2)10-18(9-8-13(15)16)22(20,21)12-6-4-11(5-7-12)14(19)17-3;/h4-7,13H,8-10,16H2,1-3H3,(H,17,19);1H. The summed E-state index contributed by atoms with van der Waals surface area (Å²) in [6.45, 7) is 4.78. The molecular formula is C15H24ClN3O3S. The van der Waals surface area contributed by atoms with Crippen molar-refractivity contribution in [1.29, 1.82) is 0 Å². The molecule has 8 heteroatoms. The molecule has 6 nitrogen and oxygen atoms in total. The third-order valence-electron chi connectivity index (χ3n) is 4.26. The van der Waals surface area contributed by atoms with Crippen LogP contribution in [0.1, 0.15) is 30.6 Å². The van der Waals surface area contributed by atoms with Gasteiger partial charge in [0.25, 0.3) is 5.91 Å². The van der Waals surface area contributed by atoms with Crippen molar-refractivity contribution in [2.45, 2.75) is 31.2 Å². The predicted molar refractivity (Wildman–Crippen MR) is 92.2 cm³/mol. The van der Waals surface area contributed by atoms with E-state index in [1.807, 2.05) is 13.8 Å². The van der Waals surface area contributed by atoms with Crippen LogP contribution in [-0.4, -0.2) is 44.8 Å². The molecule has 1 aromatic rings. The fourth-order valence-electron chi connectivity index (χ4n) is 2.60. The number of piperidine rings is 1. The molecule has 1 unspecified atom stereocenters. The van der Waals surface area contributed by atoms with Crippen LogP contribution in [0.25, 0.3) is 0 Å². The zero-order valence-corrected chi connectivity index (χ0v) is 15.2. The number of rotatable bonds is 3. The van der Waals surface area contributed by atoms with Gasteiger partial charge < -0.3 is 11.1 Å². The first-order valence-electron chi connectivity index (χ1n) is 7.26. The van der Waals surface area contributed by atoms with E-state index in [1.165, 1.54) is 35.6 Å². The number of nitrogens with one attached hydrogen (secondary N) is 1. The lowest BCUT2D eigenvalue weighted by Crippen LogP contribution is -2.53. The zero-order chi connectivity index (χ0) is 16.5.